The van der Waals surface area contributed by atoms with E-state index in [1.807, 2.05) is 0 Å². The second-order valence-electron chi connectivity index (χ2n) is 8.03. The summed E-state index contributed by atoms with van der Waals surface area (Å²) in [4.78, 5) is 2.78. The Morgan fingerprint density at radius 3 is 2.62 bits per heavy atom. The van der Waals surface area contributed by atoms with Crippen molar-refractivity contribution in [3.8, 4) is 0 Å². The summed E-state index contributed by atoms with van der Waals surface area (Å²) in [6.45, 7) is 5.02. The molecule has 1 saturated heterocycles. The maximum Gasteiger partial charge on any atom is 0.0610 e. The van der Waals surface area contributed by atoms with Crippen LogP contribution in [-0.4, -0.2) is 47.3 Å². The van der Waals surface area contributed by atoms with Crippen molar-refractivity contribution >= 4 is 0 Å². The van der Waals surface area contributed by atoms with Gasteiger partial charge in [-0.15, -0.1) is 0 Å². The Morgan fingerprint density at radius 1 is 1.10 bits per heavy atom. The maximum atomic E-state index is 9.71. The first-order valence-corrected chi connectivity index (χ1v) is 9.33. The molecule has 21 heavy (non-hydrogen) atoms. The fourth-order valence-electron chi connectivity index (χ4n) is 4.60. The average Bonchev–Trinajstić information content (AvgIpc) is 3.31. The van der Waals surface area contributed by atoms with Crippen molar-refractivity contribution in [1.29, 1.82) is 0 Å². The summed E-state index contributed by atoms with van der Waals surface area (Å²) >= 11 is 0. The lowest BCUT2D eigenvalue weighted by atomic mass is 9.78. The van der Waals surface area contributed by atoms with Gasteiger partial charge in [0, 0.05) is 17.6 Å². The highest BCUT2D eigenvalue weighted by atomic mass is 16.3. The largest absolute Gasteiger partial charge is 0.394 e. The molecule has 0 aromatic carbocycles. The first-order chi connectivity index (χ1) is 10.2. The van der Waals surface area contributed by atoms with Gasteiger partial charge in [0.15, 0.2) is 0 Å². The van der Waals surface area contributed by atoms with E-state index in [0.29, 0.717) is 6.04 Å². The highest BCUT2D eigenvalue weighted by Crippen LogP contribution is 2.35. The van der Waals surface area contributed by atoms with Crippen molar-refractivity contribution in [3.63, 3.8) is 0 Å². The highest BCUT2D eigenvalue weighted by Gasteiger charge is 2.34. The molecule has 0 aromatic heterocycles. The minimum Gasteiger partial charge on any atom is -0.394 e. The molecular formula is C18H34N2O. The fourth-order valence-corrected chi connectivity index (χ4v) is 4.60. The van der Waals surface area contributed by atoms with E-state index < -0.39 is 0 Å². The summed E-state index contributed by atoms with van der Waals surface area (Å²) < 4.78 is 0. The smallest absolute Gasteiger partial charge is 0.0610 e. The van der Waals surface area contributed by atoms with Gasteiger partial charge in [0.05, 0.1) is 6.61 Å². The second-order valence-corrected chi connectivity index (χ2v) is 8.03. The van der Waals surface area contributed by atoms with Gasteiger partial charge in [-0.3, -0.25) is 0 Å². The van der Waals surface area contributed by atoms with Crippen molar-refractivity contribution in [3.05, 3.63) is 0 Å². The Bertz CT molecular complexity index is 329. The molecule has 1 heterocycles. The van der Waals surface area contributed by atoms with Gasteiger partial charge >= 0.3 is 0 Å². The Labute approximate surface area is 130 Å². The summed E-state index contributed by atoms with van der Waals surface area (Å²) in [6, 6.07) is 1.56. The number of rotatable bonds is 7. The first-order valence-electron chi connectivity index (χ1n) is 9.33. The third-order valence-corrected chi connectivity index (χ3v) is 6.01. The zero-order chi connectivity index (χ0) is 14.7. The van der Waals surface area contributed by atoms with E-state index in [9.17, 15) is 5.11 Å². The lowest BCUT2D eigenvalue weighted by Crippen LogP contribution is -2.49. The van der Waals surface area contributed by atoms with Crippen LogP contribution in [0.5, 0.6) is 0 Å². The van der Waals surface area contributed by atoms with E-state index in [-0.39, 0.29) is 12.1 Å². The van der Waals surface area contributed by atoms with Crippen LogP contribution in [0.1, 0.15) is 71.1 Å². The minimum absolute atomic E-state index is 0.0527. The molecular weight excluding hydrogens is 260 g/mol. The molecule has 3 nitrogen and oxygen atoms in total. The van der Waals surface area contributed by atoms with E-state index in [0.717, 1.165) is 18.4 Å². The standard InChI is InChI=1S/C18H34N2O/c1-18(14-21,19-16-9-10-16)11-5-13-20-12-4-7-15-6-2-3-8-17(15)20/h15-17,19,21H,2-14H2,1H3. The molecule has 3 atom stereocenters. The Balaban J connectivity index is 1.45. The molecule has 0 bridgehead atoms. The normalized spacial score (nSPS) is 33.4. The minimum atomic E-state index is -0.0527. The molecule has 1 aliphatic heterocycles. The molecule has 2 saturated carbocycles. The zero-order valence-electron chi connectivity index (χ0n) is 13.8. The molecule has 2 aliphatic carbocycles. The van der Waals surface area contributed by atoms with Crippen molar-refractivity contribution in [2.45, 2.75) is 88.8 Å². The summed E-state index contributed by atoms with van der Waals surface area (Å²) in [5.41, 5.74) is -0.0527. The van der Waals surface area contributed by atoms with Crippen LogP contribution < -0.4 is 5.32 Å². The van der Waals surface area contributed by atoms with Crippen LogP contribution in [0.2, 0.25) is 0 Å². The highest BCUT2D eigenvalue weighted by molar-refractivity contribution is 4.93. The number of hydrogen-bond acceptors (Lipinski definition) is 3. The summed E-state index contributed by atoms with van der Waals surface area (Å²) in [5, 5.41) is 13.4. The van der Waals surface area contributed by atoms with Gasteiger partial charge in [0.2, 0.25) is 0 Å². The van der Waals surface area contributed by atoms with Crippen LogP contribution in [0, 0.1) is 5.92 Å². The average molecular weight is 294 g/mol. The van der Waals surface area contributed by atoms with Crippen molar-refractivity contribution < 1.29 is 5.11 Å². The van der Waals surface area contributed by atoms with Gasteiger partial charge < -0.3 is 15.3 Å². The topological polar surface area (TPSA) is 35.5 Å². The van der Waals surface area contributed by atoms with E-state index >= 15 is 0 Å². The Hall–Kier alpha value is -0.120. The van der Waals surface area contributed by atoms with Crippen LogP contribution in [0.3, 0.4) is 0 Å². The van der Waals surface area contributed by atoms with Crippen LogP contribution in [-0.2, 0) is 0 Å². The van der Waals surface area contributed by atoms with E-state index in [1.165, 1.54) is 70.9 Å². The molecule has 0 aromatic rings. The third kappa shape index (κ3) is 4.20. The van der Waals surface area contributed by atoms with Crippen LogP contribution in [0.25, 0.3) is 0 Å². The molecule has 3 heteroatoms. The van der Waals surface area contributed by atoms with Gasteiger partial charge in [-0.1, -0.05) is 12.8 Å². The number of nitrogens with zero attached hydrogens (tertiary/aromatic N) is 1. The summed E-state index contributed by atoms with van der Waals surface area (Å²) in [7, 11) is 0. The third-order valence-electron chi connectivity index (χ3n) is 6.01. The monoisotopic (exact) mass is 294 g/mol. The lowest BCUT2D eigenvalue weighted by Gasteiger charge is -2.44. The van der Waals surface area contributed by atoms with Crippen molar-refractivity contribution in [2.24, 2.45) is 5.92 Å². The van der Waals surface area contributed by atoms with Crippen LogP contribution in [0.4, 0.5) is 0 Å². The SMILES string of the molecule is CC(CO)(CCCN1CCCC2CCCCC21)NC1CC1. The molecule has 3 aliphatic rings. The molecule has 3 unspecified atom stereocenters. The van der Waals surface area contributed by atoms with Crippen molar-refractivity contribution in [1.82, 2.24) is 10.2 Å². The number of aliphatic hydroxyl groups is 1. The van der Waals surface area contributed by atoms with Gasteiger partial charge in [0.25, 0.3) is 0 Å². The Morgan fingerprint density at radius 2 is 1.86 bits per heavy atom. The van der Waals surface area contributed by atoms with Crippen LogP contribution in [0.15, 0.2) is 0 Å². The number of nitrogens with one attached hydrogen (secondary N) is 1. The maximum absolute atomic E-state index is 9.71. The van der Waals surface area contributed by atoms with Crippen LogP contribution >= 0.6 is 0 Å². The quantitative estimate of drug-likeness (QED) is 0.758. The molecule has 0 spiro atoms. The first kappa shape index (κ1) is 15.8. The summed E-state index contributed by atoms with van der Waals surface area (Å²) in [6.07, 6.45) is 13.6. The molecule has 0 radical (unpaired) electrons. The number of aliphatic hydroxyl groups excluding tert-OH is 1. The van der Waals surface area contributed by atoms with Crippen molar-refractivity contribution in [2.75, 3.05) is 19.7 Å². The molecule has 3 fully saturated rings. The number of hydrogen-bond donors (Lipinski definition) is 2. The van der Waals surface area contributed by atoms with E-state index in [2.05, 4.69) is 17.1 Å². The van der Waals surface area contributed by atoms with E-state index in [1.54, 1.807) is 0 Å². The molecule has 0 amide bonds. The van der Waals surface area contributed by atoms with Gasteiger partial charge in [0.1, 0.15) is 0 Å². The zero-order valence-corrected chi connectivity index (χ0v) is 13.8. The van der Waals surface area contributed by atoms with Gasteiger partial charge in [-0.05, 0) is 77.3 Å². The fraction of sp³-hybridized carbons (Fsp3) is 1.00. The summed E-state index contributed by atoms with van der Waals surface area (Å²) in [5.74, 6) is 0.987. The number of likely N-dealkylation sites (tertiary alicyclic amines) is 1. The number of piperidine rings is 1. The predicted molar refractivity (Wildman–Crippen MR) is 87.4 cm³/mol. The Kier molecular flexibility index (Phi) is 5.23. The van der Waals surface area contributed by atoms with Gasteiger partial charge in [-0.25, -0.2) is 0 Å². The van der Waals surface area contributed by atoms with E-state index in [4.69, 9.17) is 0 Å². The number of fused-ring (bicyclic) bond motifs is 1. The molecule has 122 valence electrons. The second kappa shape index (κ2) is 6.97. The predicted octanol–water partition coefficient (Wildman–Crippen LogP) is 2.92. The molecule has 2 N–H and O–H groups in total. The van der Waals surface area contributed by atoms with Gasteiger partial charge in [-0.2, -0.15) is 0 Å². The lowest BCUT2D eigenvalue weighted by molar-refractivity contribution is 0.0558. The molecule has 3 rings (SSSR count).